The Morgan fingerprint density at radius 1 is 1.37 bits per heavy atom. The van der Waals surface area contributed by atoms with Crippen LogP contribution in [0.2, 0.25) is 5.02 Å². The molecule has 1 fully saturated rings. The second-order valence-corrected chi connectivity index (χ2v) is 7.53. The van der Waals surface area contributed by atoms with E-state index in [0.717, 1.165) is 29.1 Å². The van der Waals surface area contributed by atoms with Crippen LogP contribution in [0.25, 0.3) is 0 Å². The molecule has 1 atom stereocenters. The van der Waals surface area contributed by atoms with Crippen molar-refractivity contribution in [1.82, 2.24) is 5.32 Å². The maximum atomic E-state index is 6.21. The highest BCUT2D eigenvalue weighted by molar-refractivity contribution is 9.10. The molecule has 1 saturated heterocycles. The SMILES string of the molecule is CC(C)(C)C1CN(c2ccc(Br)c(Cl)c2)CCCN1. The van der Waals surface area contributed by atoms with Gasteiger partial charge in [-0.15, -0.1) is 0 Å². The van der Waals surface area contributed by atoms with Gasteiger partial charge >= 0.3 is 0 Å². The van der Waals surface area contributed by atoms with Crippen LogP contribution in [0, 0.1) is 5.41 Å². The number of benzene rings is 1. The van der Waals surface area contributed by atoms with Crippen molar-refractivity contribution in [2.45, 2.75) is 33.2 Å². The van der Waals surface area contributed by atoms with Crippen molar-refractivity contribution in [3.63, 3.8) is 0 Å². The highest BCUT2D eigenvalue weighted by Crippen LogP contribution is 2.30. The third-order valence-corrected chi connectivity index (χ3v) is 4.94. The van der Waals surface area contributed by atoms with Crippen LogP contribution in [-0.4, -0.2) is 25.7 Å². The summed E-state index contributed by atoms with van der Waals surface area (Å²) >= 11 is 9.66. The third kappa shape index (κ3) is 3.87. The Bertz CT molecular complexity index is 442. The lowest BCUT2D eigenvalue weighted by atomic mass is 9.86. The molecule has 0 spiro atoms. The number of rotatable bonds is 1. The van der Waals surface area contributed by atoms with Crippen molar-refractivity contribution in [3.8, 4) is 0 Å². The second kappa shape index (κ2) is 6.02. The second-order valence-electron chi connectivity index (χ2n) is 6.27. The molecule has 1 unspecified atom stereocenters. The van der Waals surface area contributed by atoms with Crippen LogP contribution in [0.15, 0.2) is 22.7 Å². The van der Waals surface area contributed by atoms with Crippen LogP contribution in [-0.2, 0) is 0 Å². The fraction of sp³-hybridized carbons (Fsp3) is 0.600. The van der Waals surface area contributed by atoms with E-state index < -0.39 is 0 Å². The Kier molecular flexibility index (Phi) is 4.80. The molecule has 19 heavy (non-hydrogen) atoms. The molecule has 0 amide bonds. The van der Waals surface area contributed by atoms with Gasteiger partial charge < -0.3 is 10.2 Å². The van der Waals surface area contributed by atoms with Gasteiger partial charge in [-0.05, 0) is 52.5 Å². The Morgan fingerprint density at radius 3 is 2.74 bits per heavy atom. The summed E-state index contributed by atoms with van der Waals surface area (Å²) in [5.74, 6) is 0. The van der Waals surface area contributed by atoms with Crippen molar-refractivity contribution >= 4 is 33.2 Å². The molecule has 106 valence electrons. The molecule has 0 bridgehead atoms. The first kappa shape index (κ1) is 15.1. The Labute approximate surface area is 129 Å². The van der Waals surface area contributed by atoms with Crippen LogP contribution in [0.4, 0.5) is 5.69 Å². The number of hydrogen-bond donors (Lipinski definition) is 1. The Hall–Kier alpha value is -0.250. The van der Waals surface area contributed by atoms with E-state index in [0.29, 0.717) is 6.04 Å². The first-order chi connectivity index (χ1) is 8.88. The maximum absolute atomic E-state index is 6.21. The lowest BCUT2D eigenvalue weighted by Crippen LogP contribution is -2.46. The van der Waals surface area contributed by atoms with Crippen molar-refractivity contribution < 1.29 is 0 Å². The predicted molar refractivity (Wildman–Crippen MR) is 87.2 cm³/mol. The van der Waals surface area contributed by atoms with Gasteiger partial charge in [0.1, 0.15) is 0 Å². The van der Waals surface area contributed by atoms with Gasteiger partial charge in [0.15, 0.2) is 0 Å². The summed E-state index contributed by atoms with van der Waals surface area (Å²) in [7, 11) is 0. The molecule has 1 N–H and O–H groups in total. The van der Waals surface area contributed by atoms with E-state index in [1.807, 2.05) is 6.07 Å². The number of hydrogen-bond acceptors (Lipinski definition) is 2. The molecule has 1 aliphatic rings. The van der Waals surface area contributed by atoms with Crippen molar-refractivity contribution in [2.75, 3.05) is 24.5 Å². The molecule has 0 aliphatic carbocycles. The molecule has 2 nitrogen and oxygen atoms in total. The van der Waals surface area contributed by atoms with Crippen LogP contribution in [0.1, 0.15) is 27.2 Å². The largest absolute Gasteiger partial charge is 0.370 e. The summed E-state index contributed by atoms with van der Waals surface area (Å²) in [6.07, 6.45) is 1.17. The van der Waals surface area contributed by atoms with Crippen LogP contribution < -0.4 is 10.2 Å². The van der Waals surface area contributed by atoms with E-state index in [4.69, 9.17) is 11.6 Å². The maximum Gasteiger partial charge on any atom is 0.0568 e. The summed E-state index contributed by atoms with van der Waals surface area (Å²) < 4.78 is 0.957. The Morgan fingerprint density at radius 2 is 2.11 bits per heavy atom. The van der Waals surface area contributed by atoms with E-state index in [-0.39, 0.29) is 5.41 Å². The third-order valence-electron chi connectivity index (χ3n) is 3.71. The minimum absolute atomic E-state index is 0.266. The van der Waals surface area contributed by atoms with Gasteiger partial charge in [-0.2, -0.15) is 0 Å². The molecule has 1 aromatic carbocycles. The molecule has 4 heteroatoms. The average molecular weight is 346 g/mol. The first-order valence-electron chi connectivity index (χ1n) is 6.81. The molecular weight excluding hydrogens is 324 g/mol. The zero-order valence-electron chi connectivity index (χ0n) is 11.8. The fourth-order valence-corrected chi connectivity index (χ4v) is 2.84. The lowest BCUT2D eigenvalue weighted by molar-refractivity contribution is 0.280. The molecule has 1 heterocycles. The van der Waals surface area contributed by atoms with E-state index in [1.54, 1.807) is 0 Å². The minimum Gasteiger partial charge on any atom is -0.370 e. The number of halogens is 2. The number of nitrogens with one attached hydrogen (secondary N) is 1. The molecule has 0 aromatic heterocycles. The number of anilines is 1. The van der Waals surface area contributed by atoms with Crippen molar-refractivity contribution in [1.29, 1.82) is 0 Å². The van der Waals surface area contributed by atoms with Gasteiger partial charge in [0.05, 0.1) is 5.02 Å². The van der Waals surface area contributed by atoms with Gasteiger partial charge in [0, 0.05) is 29.3 Å². The van der Waals surface area contributed by atoms with Gasteiger partial charge in [-0.25, -0.2) is 0 Å². The van der Waals surface area contributed by atoms with Crippen LogP contribution >= 0.6 is 27.5 Å². The number of nitrogens with zero attached hydrogens (tertiary/aromatic N) is 1. The zero-order chi connectivity index (χ0) is 14.0. The summed E-state index contributed by atoms with van der Waals surface area (Å²) in [5, 5.41) is 4.44. The van der Waals surface area contributed by atoms with E-state index >= 15 is 0 Å². The molecule has 1 aromatic rings. The molecule has 1 aliphatic heterocycles. The molecule has 0 saturated carbocycles. The highest BCUT2D eigenvalue weighted by atomic mass is 79.9. The fourth-order valence-electron chi connectivity index (χ4n) is 2.42. The smallest absolute Gasteiger partial charge is 0.0568 e. The lowest BCUT2D eigenvalue weighted by Gasteiger charge is -2.34. The van der Waals surface area contributed by atoms with Gasteiger partial charge in [-0.3, -0.25) is 0 Å². The summed E-state index contributed by atoms with van der Waals surface area (Å²) in [6.45, 7) is 10.1. The molecular formula is C15H22BrClN2. The molecule has 0 radical (unpaired) electrons. The first-order valence-corrected chi connectivity index (χ1v) is 7.98. The van der Waals surface area contributed by atoms with E-state index in [1.165, 1.54) is 12.1 Å². The summed E-state index contributed by atoms with van der Waals surface area (Å²) in [6, 6.07) is 6.72. The van der Waals surface area contributed by atoms with Gasteiger partial charge in [-0.1, -0.05) is 32.4 Å². The van der Waals surface area contributed by atoms with E-state index in [9.17, 15) is 0 Å². The van der Waals surface area contributed by atoms with Crippen molar-refractivity contribution in [2.24, 2.45) is 5.41 Å². The van der Waals surface area contributed by atoms with Crippen LogP contribution in [0.5, 0.6) is 0 Å². The predicted octanol–water partition coefficient (Wildman–Crippen LogP) is 4.32. The topological polar surface area (TPSA) is 15.3 Å². The van der Waals surface area contributed by atoms with Gasteiger partial charge in [0.2, 0.25) is 0 Å². The summed E-state index contributed by atoms with van der Waals surface area (Å²) in [5.41, 5.74) is 1.48. The van der Waals surface area contributed by atoms with Crippen LogP contribution in [0.3, 0.4) is 0 Å². The molecule has 2 rings (SSSR count). The Balaban J connectivity index is 2.20. The van der Waals surface area contributed by atoms with E-state index in [2.05, 4.69) is 59.1 Å². The van der Waals surface area contributed by atoms with Crippen molar-refractivity contribution in [3.05, 3.63) is 27.7 Å². The average Bonchev–Trinajstić information content (AvgIpc) is 2.58. The quantitative estimate of drug-likeness (QED) is 0.815. The summed E-state index contributed by atoms with van der Waals surface area (Å²) in [4.78, 5) is 2.44. The highest BCUT2D eigenvalue weighted by Gasteiger charge is 2.28. The minimum atomic E-state index is 0.266. The van der Waals surface area contributed by atoms with Gasteiger partial charge in [0.25, 0.3) is 0 Å². The normalized spacial score (nSPS) is 21.3. The zero-order valence-corrected chi connectivity index (χ0v) is 14.2. The standard InChI is InChI=1S/C15H22BrClN2/c1-15(2,3)14-10-19(8-4-7-18-14)11-5-6-12(16)13(17)9-11/h5-6,9,14,18H,4,7-8,10H2,1-3H3. The monoisotopic (exact) mass is 344 g/mol.